The van der Waals surface area contributed by atoms with E-state index in [1.54, 1.807) is 12.1 Å². The van der Waals surface area contributed by atoms with Crippen LogP contribution < -0.4 is 5.32 Å². The lowest BCUT2D eigenvalue weighted by molar-refractivity contribution is -0.385. The molecule has 0 spiro atoms. The van der Waals surface area contributed by atoms with E-state index in [0.717, 1.165) is 11.3 Å². The van der Waals surface area contributed by atoms with E-state index in [1.807, 2.05) is 31.4 Å². The number of nitro groups is 1. The van der Waals surface area contributed by atoms with Crippen molar-refractivity contribution >= 4 is 23.4 Å². The van der Waals surface area contributed by atoms with Crippen LogP contribution in [0.25, 0.3) is 0 Å². The highest BCUT2D eigenvalue weighted by atomic mass is 32.2. The summed E-state index contributed by atoms with van der Waals surface area (Å²) < 4.78 is 0. The number of carbonyl (C=O) groups excluding carboxylic acids is 1. The number of rotatable bonds is 7. The molecular weight excluding hydrogens is 348 g/mol. The largest absolute Gasteiger partial charge is 0.349 e. The first-order valence-corrected chi connectivity index (χ1v) is 9.66. The van der Waals surface area contributed by atoms with Gasteiger partial charge in [-0.2, -0.15) is 0 Å². The molecule has 0 aliphatic carbocycles. The summed E-state index contributed by atoms with van der Waals surface area (Å²) in [4.78, 5) is 24.2. The molecule has 6 heteroatoms. The highest BCUT2D eigenvalue weighted by Crippen LogP contribution is 2.29. The minimum Gasteiger partial charge on any atom is -0.349 e. The molecule has 138 valence electrons. The molecule has 2 rings (SSSR count). The Bertz CT molecular complexity index is 791. The molecule has 0 aliphatic heterocycles. The second-order valence-electron chi connectivity index (χ2n) is 6.97. The molecule has 0 saturated heterocycles. The molecule has 26 heavy (non-hydrogen) atoms. The number of carbonyl (C=O) groups is 1. The minimum absolute atomic E-state index is 0.103. The third kappa shape index (κ3) is 4.85. The van der Waals surface area contributed by atoms with Crippen LogP contribution in [0, 0.1) is 10.1 Å². The molecule has 2 aromatic rings. The molecule has 1 atom stereocenters. The summed E-state index contributed by atoms with van der Waals surface area (Å²) in [5, 5.41) is 14.2. The lowest BCUT2D eigenvalue weighted by atomic mass is 9.79. The fourth-order valence-electron chi connectivity index (χ4n) is 3.11. The average Bonchev–Trinajstić information content (AvgIpc) is 2.61. The molecule has 0 fully saturated rings. The first-order valence-electron chi connectivity index (χ1n) is 8.43. The number of hydrogen-bond donors (Lipinski definition) is 1. The zero-order chi connectivity index (χ0) is 19.3. The van der Waals surface area contributed by atoms with Crippen LogP contribution in [0.15, 0.2) is 53.4 Å². The highest BCUT2D eigenvalue weighted by molar-refractivity contribution is 7.98. The predicted molar refractivity (Wildman–Crippen MR) is 106 cm³/mol. The molecule has 0 bridgehead atoms. The predicted octanol–water partition coefficient (Wildman–Crippen LogP) is 4.80. The van der Waals surface area contributed by atoms with Gasteiger partial charge in [0, 0.05) is 17.0 Å². The van der Waals surface area contributed by atoms with Crippen molar-refractivity contribution in [2.24, 2.45) is 0 Å². The van der Waals surface area contributed by atoms with E-state index in [1.165, 1.54) is 23.4 Å². The Hall–Kier alpha value is -2.34. The van der Waals surface area contributed by atoms with E-state index in [2.05, 4.69) is 31.3 Å². The summed E-state index contributed by atoms with van der Waals surface area (Å²) >= 11 is 1.44. The number of benzene rings is 2. The maximum atomic E-state index is 12.6. The van der Waals surface area contributed by atoms with Gasteiger partial charge in [-0.05, 0) is 42.7 Å². The van der Waals surface area contributed by atoms with Gasteiger partial charge in [0.05, 0.1) is 4.92 Å². The fraction of sp³-hybridized carbons (Fsp3) is 0.350. The Morgan fingerprint density at radius 1 is 1.23 bits per heavy atom. The Morgan fingerprint density at radius 3 is 2.46 bits per heavy atom. The SMILES string of the molecule is CSc1ccc([N+](=O)[O-])c(C(=O)NC(C)CC(C)(C)c2ccccc2)c1. The van der Waals surface area contributed by atoms with Crippen molar-refractivity contribution in [3.05, 3.63) is 69.8 Å². The maximum Gasteiger partial charge on any atom is 0.282 e. The van der Waals surface area contributed by atoms with Crippen LogP contribution in [0.2, 0.25) is 0 Å². The van der Waals surface area contributed by atoms with Gasteiger partial charge in [-0.15, -0.1) is 11.8 Å². The third-order valence-electron chi connectivity index (χ3n) is 4.39. The lowest BCUT2D eigenvalue weighted by Gasteiger charge is -2.29. The molecule has 1 amide bonds. The lowest BCUT2D eigenvalue weighted by Crippen LogP contribution is -2.37. The summed E-state index contributed by atoms with van der Waals surface area (Å²) in [6.07, 6.45) is 2.59. The standard InChI is InChI=1S/C20H24N2O3S/c1-14(13-20(2,3)15-8-6-5-7-9-15)21-19(23)17-12-16(26-4)10-11-18(17)22(24)25/h5-12,14H,13H2,1-4H3,(H,21,23). The van der Waals surface area contributed by atoms with Gasteiger partial charge in [-0.1, -0.05) is 44.2 Å². The number of amides is 1. The van der Waals surface area contributed by atoms with Crippen LogP contribution in [0.4, 0.5) is 5.69 Å². The second kappa shape index (κ2) is 8.36. The van der Waals surface area contributed by atoms with Crippen molar-refractivity contribution < 1.29 is 9.72 Å². The Morgan fingerprint density at radius 2 is 1.88 bits per heavy atom. The van der Waals surface area contributed by atoms with Crippen LogP contribution in [0.5, 0.6) is 0 Å². The zero-order valence-corrected chi connectivity index (χ0v) is 16.3. The van der Waals surface area contributed by atoms with E-state index in [4.69, 9.17) is 0 Å². The van der Waals surface area contributed by atoms with Crippen LogP contribution in [0.3, 0.4) is 0 Å². The molecule has 0 aromatic heterocycles. The van der Waals surface area contributed by atoms with Crippen molar-refractivity contribution in [1.82, 2.24) is 5.32 Å². The van der Waals surface area contributed by atoms with Gasteiger partial charge in [0.25, 0.3) is 11.6 Å². The van der Waals surface area contributed by atoms with E-state index in [0.29, 0.717) is 0 Å². The van der Waals surface area contributed by atoms with Gasteiger partial charge in [0.15, 0.2) is 0 Å². The minimum atomic E-state index is -0.516. The Labute approximate surface area is 158 Å². The first kappa shape index (κ1) is 20.0. The highest BCUT2D eigenvalue weighted by Gasteiger charge is 2.26. The number of nitrogens with zero attached hydrogens (tertiary/aromatic N) is 1. The Balaban J connectivity index is 2.15. The number of nitrogens with one attached hydrogen (secondary N) is 1. The molecule has 2 aromatic carbocycles. The van der Waals surface area contributed by atoms with Crippen molar-refractivity contribution in [2.75, 3.05) is 6.26 Å². The van der Waals surface area contributed by atoms with Gasteiger partial charge in [0.1, 0.15) is 5.56 Å². The summed E-state index contributed by atoms with van der Waals surface area (Å²) in [5.41, 5.74) is 0.999. The van der Waals surface area contributed by atoms with Gasteiger partial charge in [0.2, 0.25) is 0 Å². The summed E-state index contributed by atoms with van der Waals surface area (Å²) in [7, 11) is 0. The van der Waals surface area contributed by atoms with Crippen molar-refractivity contribution in [3.8, 4) is 0 Å². The van der Waals surface area contributed by atoms with Crippen molar-refractivity contribution in [2.45, 2.75) is 43.5 Å². The van der Waals surface area contributed by atoms with Crippen LogP contribution in [-0.2, 0) is 5.41 Å². The molecule has 0 saturated carbocycles. The normalized spacial score (nSPS) is 12.5. The second-order valence-corrected chi connectivity index (χ2v) is 7.85. The van der Waals surface area contributed by atoms with Gasteiger partial charge >= 0.3 is 0 Å². The number of nitro benzene ring substituents is 1. The fourth-order valence-corrected chi connectivity index (χ4v) is 3.55. The summed E-state index contributed by atoms with van der Waals surface area (Å²) in [5.74, 6) is -0.413. The quantitative estimate of drug-likeness (QED) is 0.430. The Kier molecular flexibility index (Phi) is 6.42. The molecule has 5 nitrogen and oxygen atoms in total. The van der Waals surface area contributed by atoms with Crippen LogP contribution in [0.1, 0.15) is 43.1 Å². The zero-order valence-electron chi connectivity index (χ0n) is 15.5. The van der Waals surface area contributed by atoms with E-state index in [-0.39, 0.29) is 22.7 Å². The molecule has 0 aliphatic rings. The average molecular weight is 372 g/mol. The first-order chi connectivity index (χ1) is 12.2. The molecule has 0 radical (unpaired) electrons. The molecular formula is C20H24N2O3S. The third-order valence-corrected chi connectivity index (χ3v) is 5.12. The molecule has 1 N–H and O–H groups in total. The summed E-state index contributed by atoms with van der Waals surface area (Å²) in [6.45, 7) is 6.18. The van der Waals surface area contributed by atoms with Crippen LogP contribution in [-0.4, -0.2) is 23.1 Å². The van der Waals surface area contributed by atoms with Crippen molar-refractivity contribution in [1.29, 1.82) is 0 Å². The maximum absolute atomic E-state index is 12.6. The number of hydrogen-bond acceptors (Lipinski definition) is 4. The monoisotopic (exact) mass is 372 g/mol. The van der Waals surface area contributed by atoms with E-state index in [9.17, 15) is 14.9 Å². The topological polar surface area (TPSA) is 72.2 Å². The van der Waals surface area contributed by atoms with Crippen molar-refractivity contribution in [3.63, 3.8) is 0 Å². The molecule has 1 unspecified atom stereocenters. The van der Waals surface area contributed by atoms with Crippen LogP contribution >= 0.6 is 11.8 Å². The smallest absolute Gasteiger partial charge is 0.282 e. The van der Waals surface area contributed by atoms with Gasteiger partial charge < -0.3 is 5.32 Å². The van der Waals surface area contributed by atoms with E-state index >= 15 is 0 Å². The molecule has 0 heterocycles. The van der Waals surface area contributed by atoms with E-state index < -0.39 is 10.8 Å². The number of thioether (sulfide) groups is 1. The van der Waals surface area contributed by atoms with Gasteiger partial charge in [-0.3, -0.25) is 14.9 Å². The summed E-state index contributed by atoms with van der Waals surface area (Å²) in [6, 6.07) is 14.6. The van der Waals surface area contributed by atoms with Gasteiger partial charge in [-0.25, -0.2) is 0 Å².